The maximum atomic E-state index is 12.3. The zero-order valence-corrected chi connectivity index (χ0v) is 24.0. The normalized spacial score (nSPS) is 21.9. The number of carbonyl (C=O) groups is 1. The van der Waals surface area contributed by atoms with Crippen LogP contribution >= 0.6 is 15.9 Å². The molecule has 35 heavy (non-hydrogen) atoms. The van der Waals surface area contributed by atoms with E-state index in [9.17, 15) is 4.79 Å². The topological polar surface area (TPSA) is 42.0 Å². The smallest absolute Gasteiger partial charge is 0.248 e. The van der Waals surface area contributed by atoms with Crippen molar-refractivity contribution in [3.8, 4) is 5.75 Å². The molecule has 1 heterocycles. The molecule has 5 nitrogen and oxygen atoms in total. The summed E-state index contributed by atoms with van der Waals surface area (Å²) in [6, 6.07) is 6.82. The van der Waals surface area contributed by atoms with Crippen LogP contribution in [0.2, 0.25) is 0 Å². The highest BCUT2D eigenvalue weighted by Crippen LogP contribution is 2.32. The molecule has 1 saturated carbocycles. The molecule has 2 aliphatic rings. The van der Waals surface area contributed by atoms with Gasteiger partial charge in [0.2, 0.25) is 5.91 Å². The summed E-state index contributed by atoms with van der Waals surface area (Å²) in [5.41, 5.74) is 1.38. The third-order valence-electron chi connectivity index (χ3n) is 7.88. The largest absolute Gasteiger partial charge is 0.491 e. The molecular formula is C29H47BrN2O3. The van der Waals surface area contributed by atoms with Gasteiger partial charge in [0.05, 0.1) is 6.10 Å². The highest BCUT2D eigenvalue weighted by Gasteiger charge is 2.28. The summed E-state index contributed by atoms with van der Waals surface area (Å²) in [5, 5.41) is 0. The van der Waals surface area contributed by atoms with Crippen molar-refractivity contribution in [1.29, 1.82) is 0 Å². The fourth-order valence-electron chi connectivity index (χ4n) is 5.97. The van der Waals surface area contributed by atoms with Gasteiger partial charge in [-0.1, -0.05) is 15.9 Å². The molecular weight excluding hydrogens is 504 g/mol. The Morgan fingerprint density at radius 2 is 1.83 bits per heavy atom. The lowest BCUT2D eigenvalue weighted by atomic mass is 9.82. The zero-order chi connectivity index (χ0) is 25.2. The molecule has 2 fully saturated rings. The van der Waals surface area contributed by atoms with Gasteiger partial charge in [-0.3, -0.25) is 4.79 Å². The van der Waals surface area contributed by atoms with E-state index in [-0.39, 0.29) is 18.6 Å². The molecule has 0 N–H and O–H groups in total. The van der Waals surface area contributed by atoms with E-state index in [4.69, 9.17) is 9.47 Å². The van der Waals surface area contributed by atoms with Crippen LogP contribution in [0.1, 0.15) is 77.7 Å². The Kier molecular flexibility index (Phi) is 11.9. The minimum atomic E-state index is 0.144. The van der Waals surface area contributed by atoms with E-state index >= 15 is 0 Å². The second-order valence-corrected chi connectivity index (χ2v) is 11.7. The van der Waals surface area contributed by atoms with Crippen LogP contribution in [0.3, 0.4) is 0 Å². The van der Waals surface area contributed by atoms with Crippen LogP contribution in [-0.2, 0) is 16.0 Å². The summed E-state index contributed by atoms with van der Waals surface area (Å²) < 4.78 is 12.2. The van der Waals surface area contributed by atoms with E-state index in [0.29, 0.717) is 6.04 Å². The molecule has 0 aromatic heterocycles. The number of piperidine rings is 1. The minimum absolute atomic E-state index is 0.144. The molecule has 0 bridgehead atoms. The molecule has 0 atom stereocenters. The van der Waals surface area contributed by atoms with Gasteiger partial charge in [0.25, 0.3) is 0 Å². The Bertz CT molecular complexity index is 771. The first-order valence-electron chi connectivity index (χ1n) is 13.8. The second kappa shape index (κ2) is 14.6. The predicted octanol–water partition coefficient (Wildman–Crippen LogP) is 6.32. The molecule has 6 heteroatoms. The molecule has 1 aliphatic carbocycles. The van der Waals surface area contributed by atoms with Crippen LogP contribution in [-0.4, -0.2) is 67.7 Å². The second-order valence-electron chi connectivity index (χ2n) is 10.8. The number of rotatable bonds is 12. The maximum Gasteiger partial charge on any atom is 0.248 e. The number of likely N-dealkylation sites (N-methyl/N-ethyl adjacent to an activating group) is 1. The SMILES string of the molecule is CCN(C(=O)COC)C1CCC(CCCN2CCC(Cc3cc(OC(C)C)ccc3Br)CC2)CC1. The first-order valence-corrected chi connectivity index (χ1v) is 14.6. The van der Waals surface area contributed by atoms with Crippen LogP contribution in [0.25, 0.3) is 0 Å². The fraction of sp³-hybridized carbons (Fsp3) is 0.759. The molecule has 3 rings (SSSR count). The van der Waals surface area contributed by atoms with Gasteiger partial charge in [-0.25, -0.2) is 0 Å². The van der Waals surface area contributed by atoms with Gasteiger partial charge >= 0.3 is 0 Å². The van der Waals surface area contributed by atoms with Crippen molar-refractivity contribution in [3.05, 3.63) is 28.2 Å². The first kappa shape index (κ1) is 28.5. The molecule has 198 valence electrons. The van der Waals surface area contributed by atoms with Crippen LogP contribution in [0.15, 0.2) is 22.7 Å². The van der Waals surface area contributed by atoms with Crippen molar-refractivity contribution < 1.29 is 14.3 Å². The van der Waals surface area contributed by atoms with Crippen LogP contribution in [0.5, 0.6) is 5.75 Å². The van der Waals surface area contributed by atoms with Gasteiger partial charge < -0.3 is 19.3 Å². The van der Waals surface area contributed by atoms with E-state index in [1.165, 1.54) is 68.2 Å². The number of nitrogens with zero attached hydrogens (tertiary/aromatic N) is 2. The van der Waals surface area contributed by atoms with Crippen LogP contribution in [0, 0.1) is 11.8 Å². The van der Waals surface area contributed by atoms with Gasteiger partial charge in [-0.15, -0.1) is 0 Å². The Morgan fingerprint density at radius 3 is 2.46 bits per heavy atom. The lowest BCUT2D eigenvalue weighted by Crippen LogP contribution is -2.43. The van der Waals surface area contributed by atoms with Gasteiger partial charge in [0.1, 0.15) is 12.4 Å². The molecule has 1 aromatic rings. The molecule has 0 unspecified atom stereocenters. The standard InChI is InChI=1S/C29H47BrN2O3/c1-5-32(29(33)21-34-4)26-10-8-23(9-11-26)7-6-16-31-17-14-24(15-18-31)19-25-20-27(35-22(2)3)12-13-28(25)30/h12-13,20,22-24,26H,5-11,14-19,21H2,1-4H3. The maximum absolute atomic E-state index is 12.3. The molecule has 0 spiro atoms. The van der Waals surface area contributed by atoms with Crippen molar-refractivity contribution in [2.24, 2.45) is 11.8 Å². The van der Waals surface area contributed by atoms with Crippen molar-refractivity contribution in [2.45, 2.75) is 90.7 Å². The quantitative estimate of drug-likeness (QED) is 0.305. The minimum Gasteiger partial charge on any atom is -0.491 e. The van der Waals surface area contributed by atoms with E-state index in [1.807, 2.05) is 4.90 Å². The summed E-state index contributed by atoms with van der Waals surface area (Å²) in [6.45, 7) is 10.9. The molecule has 1 aliphatic heterocycles. The first-order chi connectivity index (χ1) is 16.9. The van der Waals surface area contributed by atoms with Crippen molar-refractivity contribution in [1.82, 2.24) is 9.80 Å². The lowest BCUT2D eigenvalue weighted by molar-refractivity contribution is -0.138. The summed E-state index contributed by atoms with van der Waals surface area (Å²) in [6.07, 6.45) is 11.4. The number of carbonyl (C=O) groups excluding carboxylic acids is 1. The summed E-state index contributed by atoms with van der Waals surface area (Å²) >= 11 is 3.75. The number of likely N-dealkylation sites (tertiary alicyclic amines) is 1. The average Bonchev–Trinajstić information content (AvgIpc) is 2.83. The highest BCUT2D eigenvalue weighted by molar-refractivity contribution is 9.10. The number of benzene rings is 1. The summed E-state index contributed by atoms with van der Waals surface area (Å²) in [4.78, 5) is 17.0. The third kappa shape index (κ3) is 9.05. The number of ether oxygens (including phenoxy) is 2. The van der Waals surface area contributed by atoms with Gasteiger partial charge in [0, 0.05) is 24.2 Å². The van der Waals surface area contributed by atoms with E-state index in [0.717, 1.165) is 43.4 Å². The van der Waals surface area contributed by atoms with Crippen LogP contribution in [0.4, 0.5) is 0 Å². The summed E-state index contributed by atoms with van der Waals surface area (Å²) in [7, 11) is 1.60. The van der Waals surface area contributed by atoms with Crippen LogP contribution < -0.4 is 4.74 Å². The van der Waals surface area contributed by atoms with E-state index in [2.05, 4.69) is 59.8 Å². The number of methoxy groups -OCH3 is 1. The Balaban J connectivity index is 1.33. The predicted molar refractivity (Wildman–Crippen MR) is 147 cm³/mol. The molecule has 0 radical (unpaired) electrons. The van der Waals surface area contributed by atoms with Crippen molar-refractivity contribution in [3.63, 3.8) is 0 Å². The monoisotopic (exact) mass is 550 g/mol. The van der Waals surface area contributed by atoms with Gasteiger partial charge in [-0.05, 0) is 134 Å². The van der Waals surface area contributed by atoms with Gasteiger partial charge in [0.15, 0.2) is 0 Å². The molecule has 1 saturated heterocycles. The molecule has 1 amide bonds. The van der Waals surface area contributed by atoms with Crippen molar-refractivity contribution >= 4 is 21.8 Å². The third-order valence-corrected chi connectivity index (χ3v) is 8.65. The zero-order valence-electron chi connectivity index (χ0n) is 22.4. The van der Waals surface area contributed by atoms with Crippen molar-refractivity contribution in [2.75, 3.05) is 39.9 Å². The van der Waals surface area contributed by atoms with Gasteiger partial charge in [-0.2, -0.15) is 0 Å². The van der Waals surface area contributed by atoms with E-state index < -0.39 is 0 Å². The molecule has 1 aromatic carbocycles. The number of halogens is 1. The number of hydrogen-bond acceptors (Lipinski definition) is 4. The Morgan fingerprint density at radius 1 is 1.11 bits per heavy atom. The average molecular weight is 552 g/mol. The Hall–Kier alpha value is -1.11. The van der Waals surface area contributed by atoms with E-state index in [1.54, 1.807) is 7.11 Å². The lowest BCUT2D eigenvalue weighted by Gasteiger charge is -2.37. The highest BCUT2D eigenvalue weighted by atomic mass is 79.9. The fourth-order valence-corrected chi connectivity index (χ4v) is 6.38. The number of hydrogen-bond donors (Lipinski definition) is 0. The Labute approximate surface area is 222 Å². The summed E-state index contributed by atoms with van der Waals surface area (Å²) in [5.74, 6) is 2.71. The number of amides is 1.